The zero-order chi connectivity index (χ0) is 15.4. The molecule has 0 amide bonds. The fourth-order valence-corrected chi connectivity index (χ4v) is 3.33. The van der Waals surface area contributed by atoms with Crippen LogP contribution in [-0.4, -0.2) is 40.9 Å². The van der Waals surface area contributed by atoms with E-state index >= 15 is 0 Å². The van der Waals surface area contributed by atoms with Crippen LogP contribution < -0.4 is 0 Å². The molecule has 21 heavy (non-hydrogen) atoms. The van der Waals surface area contributed by atoms with Gasteiger partial charge in [-0.3, -0.25) is 0 Å². The third-order valence-electron chi connectivity index (χ3n) is 4.66. The molecule has 0 spiro atoms. The van der Waals surface area contributed by atoms with E-state index in [4.69, 9.17) is 0 Å². The molecule has 1 aliphatic heterocycles. The van der Waals surface area contributed by atoms with Crippen LogP contribution in [0.1, 0.15) is 49.0 Å². The Labute approximate surface area is 128 Å². The Kier molecular flexibility index (Phi) is 5.80. The van der Waals surface area contributed by atoms with Gasteiger partial charge >= 0.3 is 0 Å². The summed E-state index contributed by atoms with van der Waals surface area (Å²) in [7, 11) is 0. The average molecular weight is 291 g/mol. The fourth-order valence-electron chi connectivity index (χ4n) is 3.33. The predicted octanol–water partition coefficient (Wildman–Crippen LogP) is 2.82. The Morgan fingerprint density at radius 2 is 1.67 bits per heavy atom. The van der Waals surface area contributed by atoms with E-state index in [-0.39, 0.29) is 12.2 Å². The highest BCUT2D eigenvalue weighted by atomic mass is 16.3. The summed E-state index contributed by atoms with van der Waals surface area (Å²) in [4.78, 5) is 2.41. The van der Waals surface area contributed by atoms with Gasteiger partial charge in [-0.2, -0.15) is 0 Å². The number of aryl methyl sites for hydroxylation is 2. The Bertz CT molecular complexity index is 430. The first-order valence-electron chi connectivity index (χ1n) is 8.12. The average Bonchev–Trinajstić information content (AvgIpc) is 2.44. The van der Waals surface area contributed by atoms with E-state index in [2.05, 4.69) is 36.9 Å². The quantitative estimate of drug-likeness (QED) is 0.877. The maximum Gasteiger partial charge on any atom is 0.0802 e. The topological polar surface area (TPSA) is 43.7 Å². The van der Waals surface area contributed by atoms with Gasteiger partial charge in [0.2, 0.25) is 0 Å². The second-order valence-corrected chi connectivity index (χ2v) is 6.65. The number of piperidine rings is 1. The lowest BCUT2D eigenvalue weighted by molar-refractivity contribution is 0.0641. The minimum Gasteiger partial charge on any atom is -0.393 e. The molecule has 1 heterocycles. The summed E-state index contributed by atoms with van der Waals surface area (Å²) < 4.78 is 0. The van der Waals surface area contributed by atoms with Gasteiger partial charge in [-0.25, -0.2) is 0 Å². The zero-order valence-corrected chi connectivity index (χ0v) is 13.5. The lowest BCUT2D eigenvalue weighted by atomic mass is 9.92. The van der Waals surface area contributed by atoms with E-state index in [9.17, 15) is 10.2 Å². The summed E-state index contributed by atoms with van der Waals surface area (Å²) in [6.45, 7) is 9.04. The van der Waals surface area contributed by atoms with Crippen LogP contribution in [0.15, 0.2) is 18.2 Å². The number of aliphatic hydroxyl groups is 2. The van der Waals surface area contributed by atoms with Crippen molar-refractivity contribution in [3.8, 4) is 0 Å². The van der Waals surface area contributed by atoms with Crippen LogP contribution in [0.4, 0.5) is 0 Å². The van der Waals surface area contributed by atoms with Crippen molar-refractivity contribution >= 4 is 0 Å². The van der Waals surface area contributed by atoms with Crippen molar-refractivity contribution < 1.29 is 10.2 Å². The smallest absolute Gasteiger partial charge is 0.0802 e. The highest BCUT2D eigenvalue weighted by Gasteiger charge is 2.22. The molecule has 1 saturated heterocycles. The molecular weight excluding hydrogens is 262 g/mol. The van der Waals surface area contributed by atoms with E-state index in [0.29, 0.717) is 5.92 Å². The third-order valence-corrected chi connectivity index (χ3v) is 4.66. The number of aliphatic hydroxyl groups excluding tert-OH is 2. The summed E-state index contributed by atoms with van der Waals surface area (Å²) in [6.07, 6.45) is 2.35. The van der Waals surface area contributed by atoms with Crippen molar-refractivity contribution in [3.05, 3.63) is 34.9 Å². The summed E-state index contributed by atoms with van der Waals surface area (Å²) >= 11 is 0. The molecule has 0 saturated carbocycles. The lowest BCUT2D eigenvalue weighted by Crippen LogP contribution is -2.37. The van der Waals surface area contributed by atoms with Gasteiger partial charge in [-0.15, -0.1) is 0 Å². The molecule has 0 bridgehead atoms. The van der Waals surface area contributed by atoms with Crippen molar-refractivity contribution in [2.45, 2.75) is 52.2 Å². The summed E-state index contributed by atoms with van der Waals surface area (Å²) in [5, 5.41) is 20.0. The maximum absolute atomic E-state index is 10.4. The van der Waals surface area contributed by atoms with Crippen molar-refractivity contribution in [2.75, 3.05) is 19.6 Å². The molecule has 0 radical (unpaired) electrons. The molecule has 3 nitrogen and oxygen atoms in total. The first-order valence-corrected chi connectivity index (χ1v) is 8.12. The molecule has 2 rings (SSSR count). The SMILES string of the molecule is Cc1cc(C)cc(C(O)CCN2CCC(C(C)O)CC2)c1. The van der Waals surface area contributed by atoms with Gasteiger partial charge in [0.05, 0.1) is 12.2 Å². The van der Waals surface area contributed by atoms with Gasteiger partial charge in [-0.1, -0.05) is 29.3 Å². The Hall–Kier alpha value is -0.900. The molecule has 3 heteroatoms. The Morgan fingerprint density at radius 3 is 2.19 bits per heavy atom. The number of likely N-dealkylation sites (tertiary alicyclic amines) is 1. The van der Waals surface area contributed by atoms with Crippen molar-refractivity contribution in [3.63, 3.8) is 0 Å². The maximum atomic E-state index is 10.4. The van der Waals surface area contributed by atoms with E-state index < -0.39 is 0 Å². The van der Waals surface area contributed by atoms with Crippen molar-refractivity contribution in [2.24, 2.45) is 5.92 Å². The number of benzene rings is 1. The molecule has 1 aliphatic rings. The van der Waals surface area contributed by atoms with Crippen LogP contribution in [0.3, 0.4) is 0 Å². The molecule has 1 aromatic rings. The normalized spacial score (nSPS) is 20.4. The standard InChI is InChI=1S/C18H29NO2/c1-13-10-14(2)12-17(11-13)18(21)6-9-19-7-4-16(5-8-19)15(3)20/h10-12,15-16,18,20-21H,4-9H2,1-3H3. The van der Waals surface area contributed by atoms with Crippen LogP contribution in [0.25, 0.3) is 0 Å². The highest BCUT2D eigenvalue weighted by Crippen LogP contribution is 2.23. The van der Waals surface area contributed by atoms with Crippen LogP contribution in [-0.2, 0) is 0 Å². The van der Waals surface area contributed by atoms with Gasteiger partial charge in [0.15, 0.2) is 0 Å². The number of rotatable bonds is 5. The minimum absolute atomic E-state index is 0.187. The largest absolute Gasteiger partial charge is 0.393 e. The second kappa shape index (κ2) is 7.39. The van der Waals surface area contributed by atoms with Gasteiger partial charge in [0, 0.05) is 6.54 Å². The molecule has 1 aromatic carbocycles. The second-order valence-electron chi connectivity index (χ2n) is 6.65. The van der Waals surface area contributed by atoms with Crippen LogP contribution >= 0.6 is 0 Å². The summed E-state index contributed by atoms with van der Waals surface area (Å²) in [5.41, 5.74) is 3.45. The first kappa shape index (κ1) is 16.5. The molecule has 0 aliphatic carbocycles. The van der Waals surface area contributed by atoms with Crippen LogP contribution in [0.5, 0.6) is 0 Å². The van der Waals surface area contributed by atoms with E-state index in [1.54, 1.807) is 0 Å². The third kappa shape index (κ3) is 4.80. The Balaban J connectivity index is 1.80. The van der Waals surface area contributed by atoms with Gasteiger partial charge < -0.3 is 15.1 Å². The number of hydrogen-bond acceptors (Lipinski definition) is 3. The number of hydrogen-bond donors (Lipinski definition) is 2. The van der Waals surface area contributed by atoms with E-state index in [1.807, 2.05) is 6.92 Å². The monoisotopic (exact) mass is 291 g/mol. The first-order chi connectivity index (χ1) is 9.95. The molecule has 118 valence electrons. The molecule has 0 aromatic heterocycles. The van der Waals surface area contributed by atoms with Crippen LogP contribution in [0.2, 0.25) is 0 Å². The molecule has 1 fully saturated rings. The fraction of sp³-hybridized carbons (Fsp3) is 0.667. The number of nitrogens with zero attached hydrogens (tertiary/aromatic N) is 1. The van der Waals surface area contributed by atoms with Gasteiger partial charge in [-0.05, 0) is 64.6 Å². The van der Waals surface area contributed by atoms with Crippen LogP contribution in [0, 0.1) is 19.8 Å². The summed E-state index contributed by atoms with van der Waals surface area (Å²) in [5.74, 6) is 0.450. The zero-order valence-electron chi connectivity index (χ0n) is 13.5. The van der Waals surface area contributed by atoms with Crippen molar-refractivity contribution in [1.82, 2.24) is 4.90 Å². The van der Waals surface area contributed by atoms with Crippen molar-refractivity contribution in [1.29, 1.82) is 0 Å². The van der Waals surface area contributed by atoms with E-state index in [0.717, 1.165) is 44.5 Å². The summed E-state index contributed by atoms with van der Waals surface area (Å²) in [6, 6.07) is 6.30. The molecular formula is C18H29NO2. The predicted molar refractivity (Wildman–Crippen MR) is 86.3 cm³/mol. The van der Waals surface area contributed by atoms with Gasteiger partial charge in [0.25, 0.3) is 0 Å². The van der Waals surface area contributed by atoms with E-state index in [1.165, 1.54) is 11.1 Å². The molecule has 2 N–H and O–H groups in total. The highest BCUT2D eigenvalue weighted by molar-refractivity contribution is 5.29. The minimum atomic E-state index is -0.377. The van der Waals surface area contributed by atoms with Gasteiger partial charge in [0.1, 0.15) is 0 Å². The Morgan fingerprint density at radius 1 is 1.10 bits per heavy atom. The lowest BCUT2D eigenvalue weighted by Gasteiger charge is -2.33. The molecule has 2 unspecified atom stereocenters. The molecule has 2 atom stereocenters.